The Morgan fingerprint density at radius 1 is 1.56 bits per heavy atom. The van der Waals surface area contributed by atoms with E-state index < -0.39 is 11.4 Å². The van der Waals surface area contributed by atoms with Crippen LogP contribution in [0.25, 0.3) is 0 Å². The van der Waals surface area contributed by atoms with E-state index in [1.165, 1.54) is 0 Å². The van der Waals surface area contributed by atoms with Gasteiger partial charge in [0.2, 0.25) is 0 Å². The summed E-state index contributed by atoms with van der Waals surface area (Å²) in [6.07, 6.45) is 1.28. The summed E-state index contributed by atoms with van der Waals surface area (Å²) in [7, 11) is 0. The van der Waals surface area contributed by atoms with Crippen LogP contribution >= 0.6 is 0 Å². The lowest BCUT2D eigenvalue weighted by atomic mass is 9.87. The van der Waals surface area contributed by atoms with Gasteiger partial charge in [0.05, 0.1) is 12.0 Å². The first-order valence-corrected chi connectivity index (χ1v) is 2.88. The highest BCUT2D eigenvalue weighted by atomic mass is 16.5. The van der Waals surface area contributed by atoms with Gasteiger partial charge < -0.3 is 4.74 Å². The van der Waals surface area contributed by atoms with Crippen molar-refractivity contribution in [1.82, 2.24) is 0 Å². The molecule has 1 aliphatic heterocycles. The molecule has 0 N–H and O–H groups in total. The molecule has 1 fully saturated rings. The van der Waals surface area contributed by atoms with Gasteiger partial charge in [-0.1, -0.05) is 0 Å². The number of ether oxygens (including phenoxy) is 1. The van der Waals surface area contributed by atoms with Gasteiger partial charge in [0.25, 0.3) is 0 Å². The maximum absolute atomic E-state index is 10.6. The second-order valence-electron chi connectivity index (χ2n) is 2.28. The molecule has 9 heavy (non-hydrogen) atoms. The van der Waals surface area contributed by atoms with Crippen LogP contribution in [0.5, 0.6) is 0 Å². The molecule has 1 heterocycles. The van der Waals surface area contributed by atoms with Crippen molar-refractivity contribution in [3.8, 4) is 0 Å². The Balaban J connectivity index is 2.60. The SMILES string of the molecule is [CH]C1([CH])CCCOC1=O. The molecule has 2 heteroatoms. The fourth-order valence-corrected chi connectivity index (χ4v) is 0.766. The van der Waals surface area contributed by atoms with Gasteiger partial charge in [-0.2, -0.15) is 0 Å². The van der Waals surface area contributed by atoms with Crippen LogP contribution in [0.3, 0.4) is 0 Å². The maximum atomic E-state index is 10.6. The van der Waals surface area contributed by atoms with Crippen molar-refractivity contribution in [2.75, 3.05) is 6.61 Å². The van der Waals surface area contributed by atoms with E-state index in [2.05, 4.69) is 4.74 Å². The number of hydrogen-bond acceptors (Lipinski definition) is 2. The van der Waals surface area contributed by atoms with E-state index in [-0.39, 0.29) is 0 Å². The number of carbonyl (C=O) groups is 1. The van der Waals surface area contributed by atoms with Crippen molar-refractivity contribution >= 4 is 5.97 Å². The summed E-state index contributed by atoms with van der Waals surface area (Å²) in [5.41, 5.74) is -1.22. The standard InChI is InChI=1S/C7H8O2/c1-7(2)4-3-5-9-6(7)8/h1-2H,3-5H2. The number of carbonyl (C=O) groups excluding carboxylic acids is 1. The minimum Gasteiger partial charge on any atom is -0.465 e. The average Bonchev–Trinajstić information content (AvgIpc) is 1.77. The quantitative estimate of drug-likeness (QED) is 0.445. The average molecular weight is 124 g/mol. The Labute approximate surface area is 55.2 Å². The molecule has 0 aliphatic carbocycles. The van der Waals surface area contributed by atoms with Crippen molar-refractivity contribution in [2.45, 2.75) is 12.8 Å². The van der Waals surface area contributed by atoms with Crippen molar-refractivity contribution in [3.05, 3.63) is 13.8 Å². The molecule has 2 nitrogen and oxygen atoms in total. The van der Waals surface area contributed by atoms with Gasteiger partial charge in [-0.05, 0) is 26.7 Å². The van der Waals surface area contributed by atoms with Crippen molar-refractivity contribution < 1.29 is 9.53 Å². The van der Waals surface area contributed by atoms with Gasteiger partial charge in [0, 0.05) is 0 Å². The van der Waals surface area contributed by atoms with Gasteiger partial charge in [-0.15, -0.1) is 0 Å². The van der Waals surface area contributed by atoms with E-state index in [1.807, 2.05) is 0 Å². The fourth-order valence-electron chi connectivity index (χ4n) is 0.766. The monoisotopic (exact) mass is 124 g/mol. The third-order valence-corrected chi connectivity index (χ3v) is 1.35. The van der Waals surface area contributed by atoms with Crippen LogP contribution in [-0.2, 0) is 9.53 Å². The molecule has 0 bridgehead atoms. The van der Waals surface area contributed by atoms with Gasteiger partial charge in [-0.25, -0.2) is 0 Å². The summed E-state index contributed by atoms with van der Waals surface area (Å²) in [5, 5.41) is 0. The molecule has 1 aliphatic rings. The molecule has 0 unspecified atom stereocenters. The number of hydrogen-bond donors (Lipinski definition) is 0. The van der Waals surface area contributed by atoms with Crippen molar-refractivity contribution in [3.63, 3.8) is 0 Å². The summed E-state index contributed by atoms with van der Waals surface area (Å²) >= 11 is 0. The highest BCUT2D eigenvalue weighted by Crippen LogP contribution is 2.26. The number of cyclic esters (lactones) is 1. The molecule has 0 aromatic heterocycles. The molecule has 4 radical (unpaired) electrons. The molecule has 1 saturated heterocycles. The fraction of sp³-hybridized carbons (Fsp3) is 0.571. The summed E-state index contributed by atoms with van der Waals surface area (Å²) in [5.74, 6) is -0.492. The van der Waals surface area contributed by atoms with Gasteiger partial charge in [-0.3, -0.25) is 4.79 Å². The maximum Gasteiger partial charge on any atom is 0.312 e. The van der Waals surface area contributed by atoms with Crippen LogP contribution in [0.4, 0.5) is 0 Å². The molecule has 0 saturated carbocycles. The highest BCUT2D eigenvalue weighted by molar-refractivity contribution is 5.78. The van der Waals surface area contributed by atoms with Crippen LogP contribution in [0.2, 0.25) is 0 Å². The Morgan fingerprint density at radius 3 is 2.56 bits per heavy atom. The van der Waals surface area contributed by atoms with Gasteiger partial charge in [0.15, 0.2) is 0 Å². The topological polar surface area (TPSA) is 26.3 Å². The third-order valence-electron chi connectivity index (χ3n) is 1.35. The first kappa shape index (κ1) is 6.59. The van der Waals surface area contributed by atoms with Crippen molar-refractivity contribution in [1.29, 1.82) is 0 Å². The first-order chi connectivity index (χ1) is 4.13. The van der Waals surface area contributed by atoms with Gasteiger partial charge >= 0.3 is 5.97 Å². The van der Waals surface area contributed by atoms with Crippen LogP contribution < -0.4 is 0 Å². The van der Waals surface area contributed by atoms with Crippen molar-refractivity contribution in [2.24, 2.45) is 5.41 Å². The van der Waals surface area contributed by atoms with Crippen LogP contribution in [0.15, 0.2) is 0 Å². The zero-order valence-corrected chi connectivity index (χ0v) is 5.09. The van der Waals surface area contributed by atoms with Gasteiger partial charge in [0.1, 0.15) is 0 Å². The predicted molar refractivity (Wildman–Crippen MR) is 31.2 cm³/mol. The minimum atomic E-state index is -1.22. The molecule has 0 aromatic rings. The highest BCUT2D eigenvalue weighted by Gasteiger charge is 2.32. The molecular weight excluding hydrogens is 116 g/mol. The lowest BCUT2D eigenvalue weighted by Gasteiger charge is -2.25. The first-order valence-electron chi connectivity index (χ1n) is 2.88. The summed E-state index contributed by atoms with van der Waals surface area (Å²) in [6, 6.07) is 0. The molecule has 0 atom stereocenters. The zero-order valence-electron chi connectivity index (χ0n) is 5.09. The summed E-state index contributed by atoms with van der Waals surface area (Å²) < 4.78 is 4.60. The van der Waals surface area contributed by atoms with E-state index >= 15 is 0 Å². The minimum absolute atomic E-state index is 0.453. The van der Waals surface area contributed by atoms with Crippen LogP contribution in [0, 0.1) is 19.3 Å². The Bertz CT molecular complexity index is 127. The molecule has 48 valence electrons. The molecule has 1 rings (SSSR count). The summed E-state index contributed by atoms with van der Waals surface area (Å²) in [4.78, 5) is 10.6. The number of rotatable bonds is 0. The van der Waals surface area contributed by atoms with E-state index in [9.17, 15) is 4.79 Å². The summed E-state index contributed by atoms with van der Waals surface area (Å²) in [6.45, 7) is 11.1. The lowest BCUT2D eigenvalue weighted by molar-refractivity contribution is -0.155. The van der Waals surface area contributed by atoms with E-state index in [1.54, 1.807) is 0 Å². The molecule has 0 amide bonds. The number of esters is 1. The van der Waals surface area contributed by atoms with E-state index in [0.29, 0.717) is 13.0 Å². The Kier molecular flexibility index (Phi) is 1.47. The van der Waals surface area contributed by atoms with Crippen LogP contribution in [0.1, 0.15) is 12.8 Å². The third kappa shape index (κ3) is 1.23. The molecular formula is C7H8O2. The Morgan fingerprint density at radius 2 is 2.22 bits per heavy atom. The van der Waals surface area contributed by atoms with E-state index in [0.717, 1.165) is 6.42 Å². The smallest absolute Gasteiger partial charge is 0.312 e. The lowest BCUT2D eigenvalue weighted by Crippen LogP contribution is -2.32. The second-order valence-corrected chi connectivity index (χ2v) is 2.28. The second kappa shape index (κ2) is 2.01. The van der Waals surface area contributed by atoms with E-state index in [4.69, 9.17) is 13.8 Å². The predicted octanol–water partition coefficient (Wildman–Crippen LogP) is 0.732. The normalized spacial score (nSPS) is 25.3. The zero-order chi connectivity index (χ0) is 6.91. The molecule has 0 aromatic carbocycles. The van der Waals surface area contributed by atoms with Crippen LogP contribution in [-0.4, -0.2) is 12.6 Å². The Hall–Kier alpha value is -0.530. The largest absolute Gasteiger partial charge is 0.465 e. The molecule has 0 spiro atoms.